The summed E-state index contributed by atoms with van der Waals surface area (Å²) >= 11 is 1.45. The van der Waals surface area contributed by atoms with Crippen LogP contribution in [-0.2, 0) is 11.3 Å². The molecule has 1 aromatic heterocycles. The maximum absolute atomic E-state index is 11.2. The summed E-state index contributed by atoms with van der Waals surface area (Å²) in [7, 11) is 0. The maximum Gasteiger partial charge on any atom is 0.219 e. The van der Waals surface area contributed by atoms with Crippen molar-refractivity contribution in [2.75, 3.05) is 31.6 Å². The minimum Gasteiger partial charge on any atom is -0.340 e. The summed E-state index contributed by atoms with van der Waals surface area (Å²) in [4.78, 5) is 15.3. The molecule has 2 rings (SSSR count). The maximum atomic E-state index is 11.2. The second-order valence-electron chi connectivity index (χ2n) is 3.93. The molecular formula is C9H16N6OS. The molecule has 1 saturated heterocycles. The molecule has 0 radical (unpaired) electrons. The fourth-order valence-electron chi connectivity index (χ4n) is 1.79. The Morgan fingerprint density at radius 3 is 2.65 bits per heavy atom. The van der Waals surface area contributed by atoms with Gasteiger partial charge in [0.2, 0.25) is 11.0 Å². The summed E-state index contributed by atoms with van der Waals surface area (Å²) in [6.45, 7) is 5.71. The van der Waals surface area contributed by atoms with Gasteiger partial charge in [-0.2, -0.15) is 0 Å². The number of carbonyl (C=O) groups is 1. The van der Waals surface area contributed by atoms with Gasteiger partial charge in [-0.25, -0.2) is 5.84 Å². The number of nitrogens with one attached hydrogen (secondary N) is 1. The molecule has 2 heterocycles. The zero-order valence-electron chi connectivity index (χ0n) is 9.72. The van der Waals surface area contributed by atoms with Crippen LogP contribution in [0, 0.1) is 0 Å². The average Bonchev–Trinajstić information content (AvgIpc) is 2.77. The Kier molecular flexibility index (Phi) is 3.87. The first-order chi connectivity index (χ1) is 8.19. The van der Waals surface area contributed by atoms with Gasteiger partial charge in [-0.1, -0.05) is 11.3 Å². The average molecular weight is 256 g/mol. The highest BCUT2D eigenvalue weighted by Gasteiger charge is 2.19. The van der Waals surface area contributed by atoms with Crippen LogP contribution in [0.3, 0.4) is 0 Å². The van der Waals surface area contributed by atoms with E-state index in [0.717, 1.165) is 37.7 Å². The molecule has 0 bridgehead atoms. The fraction of sp³-hybridized carbons (Fsp3) is 0.667. The van der Waals surface area contributed by atoms with E-state index < -0.39 is 0 Å². The molecule has 7 nitrogen and oxygen atoms in total. The van der Waals surface area contributed by atoms with Crippen molar-refractivity contribution in [2.24, 2.45) is 5.84 Å². The quantitative estimate of drug-likeness (QED) is 0.559. The van der Waals surface area contributed by atoms with Crippen molar-refractivity contribution in [3.05, 3.63) is 5.01 Å². The minimum absolute atomic E-state index is 0.148. The van der Waals surface area contributed by atoms with Crippen LogP contribution in [0.5, 0.6) is 0 Å². The molecule has 0 unspecified atom stereocenters. The first-order valence-electron chi connectivity index (χ1n) is 5.46. The van der Waals surface area contributed by atoms with Gasteiger partial charge in [0.05, 0.1) is 6.54 Å². The highest BCUT2D eigenvalue weighted by molar-refractivity contribution is 7.15. The number of piperazine rings is 1. The van der Waals surface area contributed by atoms with Crippen LogP contribution in [0.15, 0.2) is 0 Å². The van der Waals surface area contributed by atoms with Gasteiger partial charge in [0, 0.05) is 33.1 Å². The first kappa shape index (κ1) is 12.2. The van der Waals surface area contributed by atoms with E-state index in [1.165, 1.54) is 11.3 Å². The minimum atomic E-state index is 0.148. The topological polar surface area (TPSA) is 87.4 Å². The number of nitrogens with two attached hydrogens (primary N) is 1. The lowest BCUT2D eigenvalue weighted by atomic mass is 10.3. The van der Waals surface area contributed by atoms with Gasteiger partial charge in [0.15, 0.2) is 0 Å². The van der Waals surface area contributed by atoms with Crippen molar-refractivity contribution in [1.29, 1.82) is 0 Å². The van der Waals surface area contributed by atoms with E-state index in [2.05, 4.69) is 20.5 Å². The molecule has 1 aromatic rings. The van der Waals surface area contributed by atoms with E-state index in [9.17, 15) is 4.79 Å². The SMILES string of the molecule is CC(=O)N1CCN(Cc2nnc(NN)s2)CC1. The Bertz CT molecular complexity index is 387. The summed E-state index contributed by atoms with van der Waals surface area (Å²) in [6.07, 6.45) is 0. The second kappa shape index (κ2) is 5.39. The first-order valence-corrected chi connectivity index (χ1v) is 6.27. The molecule has 0 atom stereocenters. The van der Waals surface area contributed by atoms with Crippen molar-refractivity contribution in [1.82, 2.24) is 20.0 Å². The third-order valence-corrected chi connectivity index (χ3v) is 3.61. The van der Waals surface area contributed by atoms with Crippen LogP contribution >= 0.6 is 11.3 Å². The van der Waals surface area contributed by atoms with Crippen molar-refractivity contribution < 1.29 is 4.79 Å². The Balaban J connectivity index is 1.83. The Morgan fingerprint density at radius 2 is 2.12 bits per heavy atom. The summed E-state index contributed by atoms with van der Waals surface area (Å²) in [5.41, 5.74) is 2.48. The van der Waals surface area contributed by atoms with Gasteiger partial charge >= 0.3 is 0 Å². The number of hydrazine groups is 1. The molecule has 1 amide bonds. The van der Waals surface area contributed by atoms with Gasteiger partial charge in [-0.15, -0.1) is 10.2 Å². The molecule has 1 aliphatic heterocycles. The van der Waals surface area contributed by atoms with Crippen molar-refractivity contribution in [2.45, 2.75) is 13.5 Å². The number of nitrogen functional groups attached to an aromatic ring is 1. The van der Waals surface area contributed by atoms with E-state index in [1.807, 2.05) is 4.90 Å². The van der Waals surface area contributed by atoms with Crippen LogP contribution in [-0.4, -0.2) is 52.1 Å². The molecule has 1 aliphatic rings. The van der Waals surface area contributed by atoms with E-state index in [0.29, 0.717) is 5.13 Å². The lowest BCUT2D eigenvalue weighted by Crippen LogP contribution is -2.47. The van der Waals surface area contributed by atoms with Gasteiger partial charge in [0.1, 0.15) is 5.01 Å². The Hall–Kier alpha value is -1.25. The monoisotopic (exact) mass is 256 g/mol. The standard InChI is InChI=1S/C9H16N6OS/c1-7(16)15-4-2-14(3-5-15)6-8-12-13-9(11-10)17-8/h2-6,10H2,1H3,(H,11,13). The van der Waals surface area contributed by atoms with Crippen LogP contribution in [0.4, 0.5) is 5.13 Å². The lowest BCUT2D eigenvalue weighted by molar-refractivity contribution is -0.130. The highest BCUT2D eigenvalue weighted by Crippen LogP contribution is 2.16. The molecule has 94 valence electrons. The molecular weight excluding hydrogens is 240 g/mol. The zero-order chi connectivity index (χ0) is 12.3. The number of carbonyl (C=O) groups excluding carboxylic acids is 1. The largest absolute Gasteiger partial charge is 0.340 e. The Morgan fingerprint density at radius 1 is 1.41 bits per heavy atom. The van der Waals surface area contributed by atoms with Crippen LogP contribution in [0.1, 0.15) is 11.9 Å². The third-order valence-electron chi connectivity index (χ3n) is 2.77. The van der Waals surface area contributed by atoms with Crippen LogP contribution in [0.2, 0.25) is 0 Å². The number of nitrogens with zero attached hydrogens (tertiary/aromatic N) is 4. The third kappa shape index (κ3) is 3.11. The summed E-state index contributed by atoms with van der Waals surface area (Å²) < 4.78 is 0. The van der Waals surface area contributed by atoms with Crippen molar-refractivity contribution in [3.8, 4) is 0 Å². The van der Waals surface area contributed by atoms with Crippen LogP contribution < -0.4 is 11.3 Å². The van der Waals surface area contributed by atoms with Crippen molar-refractivity contribution >= 4 is 22.4 Å². The lowest BCUT2D eigenvalue weighted by Gasteiger charge is -2.33. The number of amides is 1. The molecule has 8 heteroatoms. The molecule has 3 N–H and O–H groups in total. The molecule has 1 fully saturated rings. The summed E-state index contributed by atoms with van der Waals surface area (Å²) in [6, 6.07) is 0. The molecule has 0 saturated carbocycles. The molecule has 0 aliphatic carbocycles. The normalized spacial score (nSPS) is 17.2. The second-order valence-corrected chi connectivity index (χ2v) is 4.99. The van der Waals surface area contributed by atoms with Gasteiger partial charge in [-0.05, 0) is 0 Å². The van der Waals surface area contributed by atoms with E-state index in [4.69, 9.17) is 5.84 Å². The Labute approximate surface area is 104 Å². The zero-order valence-corrected chi connectivity index (χ0v) is 10.5. The van der Waals surface area contributed by atoms with Gasteiger partial charge in [0.25, 0.3) is 0 Å². The van der Waals surface area contributed by atoms with Crippen LogP contribution in [0.25, 0.3) is 0 Å². The van der Waals surface area contributed by atoms with E-state index in [-0.39, 0.29) is 5.91 Å². The van der Waals surface area contributed by atoms with E-state index >= 15 is 0 Å². The molecule has 0 aromatic carbocycles. The predicted octanol–water partition coefficient (Wildman–Crippen LogP) is -0.512. The smallest absolute Gasteiger partial charge is 0.219 e. The van der Waals surface area contributed by atoms with E-state index in [1.54, 1.807) is 6.92 Å². The van der Waals surface area contributed by atoms with Gasteiger partial charge < -0.3 is 4.90 Å². The van der Waals surface area contributed by atoms with Gasteiger partial charge in [-0.3, -0.25) is 15.1 Å². The molecule has 17 heavy (non-hydrogen) atoms. The van der Waals surface area contributed by atoms with Crippen molar-refractivity contribution in [3.63, 3.8) is 0 Å². The highest BCUT2D eigenvalue weighted by atomic mass is 32.1. The fourth-order valence-corrected chi connectivity index (χ4v) is 2.48. The predicted molar refractivity (Wildman–Crippen MR) is 65.3 cm³/mol. The summed E-state index contributed by atoms with van der Waals surface area (Å²) in [5.74, 6) is 5.40. The number of hydrogen-bond donors (Lipinski definition) is 2. The number of hydrogen-bond acceptors (Lipinski definition) is 7. The number of anilines is 1. The summed E-state index contributed by atoms with van der Waals surface area (Å²) in [5, 5.41) is 9.49. The molecule has 0 spiro atoms. The number of aromatic nitrogens is 2. The number of rotatable bonds is 3.